The van der Waals surface area contributed by atoms with E-state index < -0.39 is 17.9 Å². The lowest BCUT2D eigenvalue weighted by atomic mass is 10.1. The molecule has 4 rings (SSSR count). The van der Waals surface area contributed by atoms with Crippen LogP contribution in [0, 0.1) is 0 Å². The molecule has 0 aliphatic heterocycles. The zero-order valence-electron chi connectivity index (χ0n) is 17.2. The Morgan fingerprint density at radius 3 is 2.62 bits per heavy atom. The van der Waals surface area contributed by atoms with Gasteiger partial charge < -0.3 is 26.1 Å². The third kappa shape index (κ3) is 4.53. The highest BCUT2D eigenvalue weighted by Gasteiger charge is 2.37. The van der Waals surface area contributed by atoms with E-state index in [-0.39, 0.29) is 34.8 Å². The number of nitrogens with one attached hydrogen (secondary N) is 1. The van der Waals surface area contributed by atoms with Crippen molar-refractivity contribution >= 4 is 46.3 Å². The third-order valence-electron chi connectivity index (χ3n) is 5.40. The Morgan fingerprint density at radius 1 is 1.25 bits per heavy atom. The maximum Gasteiger partial charge on any atom is 0.270 e. The van der Waals surface area contributed by atoms with Gasteiger partial charge in [0.05, 0.1) is 18.5 Å². The number of nitrogen functional groups attached to an aromatic ring is 1. The average molecular weight is 474 g/mol. The van der Waals surface area contributed by atoms with Crippen molar-refractivity contribution < 1.29 is 18.8 Å². The summed E-state index contributed by atoms with van der Waals surface area (Å²) in [5.74, 6) is -1.10. The van der Waals surface area contributed by atoms with Crippen LogP contribution >= 0.6 is 22.9 Å². The van der Waals surface area contributed by atoms with Crippen LogP contribution in [0.25, 0.3) is 0 Å². The minimum atomic E-state index is -0.897. The van der Waals surface area contributed by atoms with E-state index in [1.54, 1.807) is 12.1 Å². The van der Waals surface area contributed by atoms with Crippen molar-refractivity contribution in [1.82, 2.24) is 14.6 Å². The molecular formula is C21H23N5O4S2. The summed E-state index contributed by atoms with van der Waals surface area (Å²) < 4.78 is 9.40. The van der Waals surface area contributed by atoms with Crippen molar-refractivity contribution in [2.24, 2.45) is 5.73 Å². The van der Waals surface area contributed by atoms with Gasteiger partial charge in [0, 0.05) is 10.9 Å². The van der Waals surface area contributed by atoms with Gasteiger partial charge >= 0.3 is 0 Å². The van der Waals surface area contributed by atoms with E-state index >= 15 is 0 Å². The normalized spacial score (nSPS) is 14.9. The minimum Gasteiger partial charge on any atom is -0.467 e. The molecule has 9 nitrogen and oxygen atoms in total. The zero-order valence-corrected chi connectivity index (χ0v) is 18.8. The Balaban J connectivity index is 1.72. The number of carbonyl (C=O) groups excluding carboxylic acids is 3. The molecule has 168 valence electrons. The molecule has 3 aromatic rings. The van der Waals surface area contributed by atoms with E-state index in [9.17, 15) is 14.4 Å². The molecule has 0 spiro atoms. The Labute approximate surface area is 192 Å². The molecule has 0 aromatic carbocycles. The highest BCUT2D eigenvalue weighted by Crippen LogP contribution is 2.32. The fourth-order valence-corrected chi connectivity index (χ4v) is 5.43. The molecule has 3 heterocycles. The third-order valence-corrected chi connectivity index (χ3v) is 7.17. The minimum absolute atomic E-state index is 0.0374. The van der Waals surface area contributed by atoms with Crippen molar-refractivity contribution in [3.05, 3.63) is 57.1 Å². The quantitative estimate of drug-likeness (QED) is 0.459. The SMILES string of the molecule is NC(=O)c1nsc(C(=O)N(Cc2ccco2)[C@H](C(=O)NC2CCCC2)c2cccs2)c1N. The Hall–Kier alpha value is -3.18. The van der Waals surface area contributed by atoms with Crippen LogP contribution in [0.15, 0.2) is 40.3 Å². The van der Waals surface area contributed by atoms with Gasteiger partial charge in [-0.2, -0.15) is 4.37 Å². The van der Waals surface area contributed by atoms with Gasteiger partial charge in [-0.3, -0.25) is 14.4 Å². The molecule has 3 amide bonds. The monoisotopic (exact) mass is 473 g/mol. The second-order valence-corrected chi connectivity index (χ2v) is 9.31. The summed E-state index contributed by atoms with van der Waals surface area (Å²) >= 11 is 2.17. The lowest BCUT2D eigenvalue weighted by Crippen LogP contribution is -2.45. The van der Waals surface area contributed by atoms with Crippen LogP contribution in [0.3, 0.4) is 0 Å². The molecule has 1 fully saturated rings. The van der Waals surface area contributed by atoms with Crippen LogP contribution in [-0.4, -0.2) is 33.0 Å². The largest absolute Gasteiger partial charge is 0.467 e. The fraction of sp³-hybridized carbons (Fsp3) is 0.333. The molecule has 11 heteroatoms. The first-order valence-corrected chi connectivity index (χ1v) is 11.8. The number of rotatable bonds is 8. The number of carbonyl (C=O) groups is 3. The summed E-state index contributed by atoms with van der Waals surface area (Å²) in [6.45, 7) is 0.0374. The van der Waals surface area contributed by atoms with Gasteiger partial charge in [-0.25, -0.2) is 0 Å². The first-order chi connectivity index (χ1) is 15.5. The molecule has 32 heavy (non-hydrogen) atoms. The highest BCUT2D eigenvalue weighted by molar-refractivity contribution is 7.10. The highest BCUT2D eigenvalue weighted by atomic mass is 32.1. The predicted molar refractivity (Wildman–Crippen MR) is 121 cm³/mol. The topological polar surface area (TPSA) is 145 Å². The van der Waals surface area contributed by atoms with E-state index in [2.05, 4.69) is 9.69 Å². The maximum absolute atomic E-state index is 13.7. The van der Waals surface area contributed by atoms with Crippen LogP contribution in [0.2, 0.25) is 0 Å². The van der Waals surface area contributed by atoms with Crippen molar-refractivity contribution in [2.75, 3.05) is 5.73 Å². The number of nitrogens with two attached hydrogens (primary N) is 2. The van der Waals surface area contributed by atoms with Gasteiger partial charge in [0.25, 0.3) is 11.8 Å². The second kappa shape index (κ2) is 9.53. The number of primary amides is 1. The first-order valence-electron chi connectivity index (χ1n) is 10.2. The molecule has 1 saturated carbocycles. The second-order valence-electron chi connectivity index (χ2n) is 7.56. The number of anilines is 1. The van der Waals surface area contributed by atoms with Gasteiger partial charge in [0.15, 0.2) is 5.69 Å². The molecular weight excluding hydrogens is 450 g/mol. The van der Waals surface area contributed by atoms with E-state index in [0.717, 1.165) is 37.2 Å². The summed E-state index contributed by atoms with van der Waals surface area (Å²) in [5, 5.41) is 4.95. The molecule has 5 N–H and O–H groups in total. The zero-order chi connectivity index (χ0) is 22.7. The van der Waals surface area contributed by atoms with Crippen LogP contribution in [-0.2, 0) is 11.3 Å². The Kier molecular flexibility index (Phi) is 6.56. The number of nitrogens with zero attached hydrogens (tertiary/aromatic N) is 2. The smallest absolute Gasteiger partial charge is 0.270 e. The van der Waals surface area contributed by atoms with E-state index in [1.807, 2.05) is 17.5 Å². The molecule has 0 unspecified atom stereocenters. The van der Waals surface area contributed by atoms with Gasteiger partial charge in [0.2, 0.25) is 5.91 Å². The molecule has 0 radical (unpaired) electrons. The van der Waals surface area contributed by atoms with Crippen molar-refractivity contribution in [3.8, 4) is 0 Å². The molecule has 1 aliphatic rings. The Bertz CT molecular complexity index is 1090. The fourth-order valence-electron chi connectivity index (χ4n) is 3.83. The average Bonchev–Trinajstić information content (AvgIpc) is 3.55. The van der Waals surface area contributed by atoms with E-state index in [4.69, 9.17) is 15.9 Å². The number of aromatic nitrogens is 1. The lowest BCUT2D eigenvalue weighted by molar-refractivity contribution is -0.126. The molecule has 0 saturated heterocycles. The summed E-state index contributed by atoms with van der Waals surface area (Å²) in [6.07, 6.45) is 5.47. The standard InChI is InChI=1S/C21H23N5O4S2/c22-15-16(19(23)27)25-32-18(15)21(29)26(11-13-7-3-9-30-13)17(14-8-4-10-31-14)20(28)24-12-5-1-2-6-12/h3-4,7-10,12,17H,1-2,5-6,11,22H2,(H2,23,27)(H,24,28)/t17-/m0/s1. The molecule has 1 aliphatic carbocycles. The Morgan fingerprint density at radius 2 is 2.03 bits per heavy atom. The lowest BCUT2D eigenvalue weighted by Gasteiger charge is -2.30. The first kappa shape index (κ1) is 22.0. The van der Waals surface area contributed by atoms with Gasteiger partial charge in [0.1, 0.15) is 16.7 Å². The molecule has 0 bridgehead atoms. The van der Waals surface area contributed by atoms with Crippen molar-refractivity contribution in [1.29, 1.82) is 0 Å². The number of furan rings is 1. The van der Waals surface area contributed by atoms with Gasteiger partial charge in [-0.05, 0) is 48.0 Å². The van der Waals surface area contributed by atoms with Crippen molar-refractivity contribution in [2.45, 2.75) is 44.3 Å². The van der Waals surface area contributed by atoms with E-state index in [1.165, 1.54) is 22.5 Å². The number of hydrogen-bond acceptors (Lipinski definition) is 8. The van der Waals surface area contributed by atoms with Crippen molar-refractivity contribution in [3.63, 3.8) is 0 Å². The molecule has 3 aromatic heterocycles. The summed E-state index contributed by atoms with van der Waals surface area (Å²) in [4.78, 5) is 40.9. The van der Waals surface area contributed by atoms with Crippen LogP contribution in [0.4, 0.5) is 5.69 Å². The van der Waals surface area contributed by atoms with Gasteiger partial charge in [-0.15, -0.1) is 11.3 Å². The number of thiophene rings is 1. The van der Waals surface area contributed by atoms with Crippen LogP contribution in [0.1, 0.15) is 62.5 Å². The van der Waals surface area contributed by atoms with E-state index in [0.29, 0.717) is 10.6 Å². The van der Waals surface area contributed by atoms with Gasteiger partial charge in [-0.1, -0.05) is 18.9 Å². The number of amides is 3. The summed E-state index contributed by atoms with van der Waals surface area (Å²) in [6, 6.07) is 6.27. The summed E-state index contributed by atoms with van der Waals surface area (Å²) in [7, 11) is 0. The number of hydrogen-bond donors (Lipinski definition) is 3. The van der Waals surface area contributed by atoms with Crippen LogP contribution < -0.4 is 16.8 Å². The predicted octanol–water partition coefficient (Wildman–Crippen LogP) is 2.92. The van der Waals surface area contributed by atoms with Crippen LogP contribution in [0.5, 0.6) is 0 Å². The molecule has 1 atom stereocenters. The summed E-state index contributed by atoms with van der Waals surface area (Å²) in [5.41, 5.74) is 11.1. The maximum atomic E-state index is 13.7.